The van der Waals surface area contributed by atoms with Crippen molar-refractivity contribution in [1.82, 2.24) is 9.55 Å². The Balaban J connectivity index is 1.94. The summed E-state index contributed by atoms with van der Waals surface area (Å²) in [6.07, 6.45) is 4.93. The lowest BCUT2D eigenvalue weighted by Gasteiger charge is -2.07. The first-order valence-electron chi connectivity index (χ1n) is 9.58. The zero-order chi connectivity index (χ0) is 23.4. The Kier molecular flexibility index (Phi) is 6.71. The van der Waals surface area contributed by atoms with E-state index in [1.54, 1.807) is 54.9 Å². The first-order valence-corrected chi connectivity index (χ1v) is 11.1. The minimum atomic E-state index is -0.694. The monoisotopic (exact) mass is 492 g/mol. The Labute approximate surface area is 202 Å². The molecular formula is C24H14Cl2N4O2S. The zero-order valence-electron chi connectivity index (χ0n) is 16.8. The van der Waals surface area contributed by atoms with Crippen LogP contribution in [0.4, 0.5) is 5.69 Å². The number of benzene rings is 2. The van der Waals surface area contributed by atoms with Crippen molar-refractivity contribution in [2.24, 2.45) is 0 Å². The molecule has 2 heterocycles. The fourth-order valence-electron chi connectivity index (χ4n) is 3.05. The maximum Gasteiger partial charge on any atom is 0.273 e. The summed E-state index contributed by atoms with van der Waals surface area (Å²) in [5, 5.41) is 13.1. The Morgan fingerprint density at radius 1 is 1.12 bits per heavy atom. The Hall–Kier alpha value is -3.70. The van der Waals surface area contributed by atoms with Crippen LogP contribution in [0, 0.1) is 11.3 Å². The minimum absolute atomic E-state index is 0.200. The lowest BCUT2D eigenvalue weighted by molar-refractivity contribution is -0.111. The summed E-state index contributed by atoms with van der Waals surface area (Å²) in [4.78, 5) is 30.4. The van der Waals surface area contributed by atoms with Gasteiger partial charge in [0.1, 0.15) is 10.7 Å². The molecule has 4 aromatic rings. The van der Waals surface area contributed by atoms with Gasteiger partial charge in [0.2, 0.25) is 0 Å². The molecule has 0 fully saturated rings. The molecule has 162 valence electrons. The van der Waals surface area contributed by atoms with Gasteiger partial charge in [-0.2, -0.15) is 5.26 Å². The smallest absolute Gasteiger partial charge is 0.273 e. The van der Waals surface area contributed by atoms with Crippen molar-refractivity contribution in [3.05, 3.63) is 108 Å². The second-order valence-corrected chi connectivity index (χ2v) is 8.62. The van der Waals surface area contributed by atoms with Gasteiger partial charge in [-0.1, -0.05) is 47.5 Å². The van der Waals surface area contributed by atoms with E-state index in [0.29, 0.717) is 20.9 Å². The number of rotatable bonds is 4. The van der Waals surface area contributed by atoms with Crippen molar-refractivity contribution < 1.29 is 4.79 Å². The van der Waals surface area contributed by atoms with Crippen LogP contribution in [-0.2, 0) is 4.79 Å². The number of hydrogen-bond acceptors (Lipinski definition) is 5. The maximum absolute atomic E-state index is 13.3. The second-order valence-electron chi connectivity index (χ2n) is 6.74. The van der Waals surface area contributed by atoms with Gasteiger partial charge in [0.25, 0.3) is 11.5 Å². The van der Waals surface area contributed by atoms with Crippen LogP contribution in [0.1, 0.15) is 5.56 Å². The van der Waals surface area contributed by atoms with E-state index in [4.69, 9.17) is 23.2 Å². The van der Waals surface area contributed by atoms with Crippen molar-refractivity contribution in [3.63, 3.8) is 0 Å². The van der Waals surface area contributed by atoms with Gasteiger partial charge < -0.3 is 5.32 Å². The highest BCUT2D eigenvalue weighted by Crippen LogP contribution is 2.25. The lowest BCUT2D eigenvalue weighted by atomic mass is 10.2. The molecule has 0 saturated carbocycles. The van der Waals surface area contributed by atoms with Gasteiger partial charge in [0, 0.05) is 17.4 Å². The van der Waals surface area contributed by atoms with Crippen LogP contribution in [0.5, 0.6) is 0 Å². The third-order valence-corrected chi connectivity index (χ3v) is 6.19. The number of pyridine rings is 1. The third-order valence-electron chi connectivity index (χ3n) is 4.55. The highest BCUT2D eigenvalue weighted by Gasteiger charge is 2.18. The largest absolute Gasteiger partial charge is 0.320 e. The molecule has 1 N–H and O–H groups in total. The molecule has 0 aliphatic rings. The first kappa shape index (κ1) is 22.5. The number of thiazole rings is 1. The molecule has 2 aromatic heterocycles. The number of carbonyl (C=O) groups is 1. The molecule has 0 radical (unpaired) electrons. The molecule has 0 saturated heterocycles. The SMILES string of the molecule is N#C/C(C(=O)Nc1ccc(Cl)cc1Cl)=c1\s/c(=C/c2cccnc2)c(=O)n1-c1ccccc1. The highest BCUT2D eigenvalue weighted by molar-refractivity contribution is 7.07. The number of anilines is 1. The molecule has 0 atom stereocenters. The number of nitrogens with one attached hydrogen (secondary N) is 1. The Morgan fingerprint density at radius 3 is 2.58 bits per heavy atom. The van der Waals surface area contributed by atoms with Crippen molar-refractivity contribution in [2.45, 2.75) is 0 Å². The molecule has 0 spiro atoms. The molecule has 2 aromatic carbocycles. The zero-order valence-corrected chi connectivity index (χ0v) is 19.2. The van der Waals surface area contributed by atoms with Crippen LogP contribution in [0.2, 0.25) is 10.0 Å². The molecule has 0 bridgehead atoms. The minimum Gasteiger partial charge on any atom is -0.320 e. The van der Waals surface area contributed by atoms with Crippen molar-refractivity contribution in [1.29, 1.82) is 5.26 Å². The number of amides is 1. The van der Waals surface area contributed by atoms with Gasteiger partial charge in [-0.05, 0) is 48.0 Å². The van der Waals surface area contributed by atoms with Crippen molar-refractivity contribution >= 4 is 57.8 Å². The van der Waals surface area contributed by atoms with Crippen LogP contribution in [-0.4, -0.2) is 15.5 Å². The summed E-state index contributed by atoms with van der Waals surface area (Å²) < 4.78 is 1.91. The molecule has 0 unspecified atom stereocenters. The molecule has 9 heteroatoms. The average Bonchev–Trinajstić information content (AvgIpc) is 3.13. The van der Waals surface area contributed by atoms with E-state index < -0.39 is 5.91 Å². The van der Waals surface area contributed by atoms with E-state index in [-0.39, 0.29) is 20.8 Å². The number of carbonyl (C=O) groups excluding carboxylic acids is 1. The van der Waals surface area contributed by atoms with E-state index in [0.717, 1.165) is 16.9 Å². The van der Waals surface area contributed by atoms with Crippen LogP contribution < -0.4 is 20.1 Å². The van der Waals surface area contributed by atoms with Gasteiger partial charge in [-0.25, -0.2) is 0 Å². The van der Waals surface area contributed by atoms with Crippen molar-refractivity contribution in [2.75, 3.05) is 5.32 Å². The summed E-state index contributed by atoms with van der Waals surface area (Å²) in [6, 6.07) is 18.9. The van der Waals surface area contributed by atoms with Gasteiger partial charge >= 0.3 is 0 Å². The third kappa shape index (κ3) is 4.89. The predicted molar refractivity (Wildman–Crippen MR) is 131 cm³/mol. The second kappa shape index (κ2) is 9.84. The predicted octanol–water partition coefficient (Wildman–Crippen LogP) is 3.74. The van der Waals surface area contributed by atoms with Crippen LogP contribution in [0.15, 0.2) is 77.9 Å². The van der Waals surface area contributed by atoms with Gasteiger partial charge in [-0.3, -0.25) is 19.1 Å². The molecule has 1 amide bonds. The van der Waals surface area contributed by atoms with Crippen LogP contribution in [0.3, 0.4) is 0 Å². The average molecular weight is 493 g/mol. The number of aromatic nitrogens is 2. The highest BCUT2D eigenvalue weighted by atomic mass is 35.5. The normalized spacial score (nSPS) is 12.2. The fraction of sp³-hybridized carbons (Fsp3) is 0. The molecule has 0 aliphatic heterocycles. The maximum atomic E-state index is 13.3. The van der Waals surface area contributed by atoms with E-state index in [1.165, 1.54) is 16.7 Å². The summed E-state index contributed by atoms with van der Waals surface area (Å²) in [5.74, 6) is -0.694. The van der Waals surface area contributed by atoms with Crippen LogP contribution >= 0.6 is 34.5 Å². The first-order chi connectivity index (χ1) is 16.0. The molecule has 33 heavy (non-hydrogen) atoms. The van der Waals surface area contributed by atoms with E-state index >= 15 is 0 Å². The summed E-state index contributed by atoms with van der Waals surface area (Å²) in [7, 11) is 0. The number of hydrogen-bond donors (Lipinski definition) is 1. The number of nitrogens with zero attached hydrogens (tertiary/aromatic N) is 3. The van der Waals surface area contributed by atoms with E-state index in [1.807, 2.05) is 18.2 Å². The van der Waals surface area contributed by atoms with E-state index in [9.17, 15) is 14.9 Å². The van der Waals surface area contributed by atoms with Gasteiger partial charge in [-0.15, -0.1) is 11.3 Å². The summed E-state index contributed by atoms with van der Waals surface area (Å²) in [5.41, 5.74) is 0.974. The Morgan fingerprint density at radius 2 is 1.91 bits per heavy atom. The molecule has 0 aliphatic carbocycles. The number of para-hydroxylation sites is 1. The molecule has 4 rings (SSSR count). The number of nitriles is 1. The topological polar surface area (TPSA) is 87.8 Å². The molecule has 6 nitrogen and oxygen atoms in total. The lowest BCUT2D eigenvalue weighted by Crippen LogP contribution is -2.32. The Bertz CT molecular complexity index is 1560. The summed E-state index contributed by atoms with van der Waals surface area (Å²) >= 11 is 13.1. The van der Waals surface area contributed by atoms with Gasteiger partial charge in [0.15, 0.2) is 5.57 Å². The standard InChI is InChI=1S/C24H14Cl2N4O2S/c25-16-8-9-20(19(26)12-16)29-22(31)18(13-27)24-30(17-6-2-1-3-7-17)23(32)21(33-24)11-15-5-4-10-28-14-15/h1-12,14H,(H,29,31)/b21-11+,24-18+. The van der Waals surface area contributed by atoms with Crippen molar-refractivity contribution in [3.8, 4) is 11.8 Å². The van der Waals surface area contributed by atoms with E-state index in [2.05, 4.69) is 10.3 Å². The fourth-order valence-corrected chi connectivity index (χ4v) is 4.60. The number of halogens is 2. The quantitative estimate of drug-likeness (QED) is 0.469. The van der Waals surface area contributed by atoms with Gasteiger partial charge in [0.05, 0.1) is 20.9 Å². The summed E-state index contributed by atoms with van der Waals surface area (Å²) in [6.45, 7) is 0. The molecular weight excluding hydrogens is 479 g/mol. The van der Waals surface area contributed by atoms with Crippen LogP contribution in [0.25, 0.3) is 17.3 Å².